The third kappa shape index (κ3) is 5.42. The molecule has 7 nitrogen and oxygen atoms in total. The van der Waals surface area contributed by atoms with Crippen LogP contribution in [0.5, 0.6) is 0 Å². The zero-order valence-corrected chi connectivity index (χ0v) is 15.5. The topological polar surface area (TPSA) is 84.9 Å². The van der Waals surface area contributed by atoms with Crippen molar-refractivity contribution < 1.29 is 23.9 Å². The van der Waals surface area contributed by atoms with E-state index in [-0.39, 0.29) is 5.91 Å². The van der Waals surface area contributed by atoms with Crippen LogP contribution in [0.3, 0.4) is 0 Å². The van der Waals surface area contributed by atoms with E-state index >= 15 is 0 Å². The van der Waals surface area contributed by atoms with Crippen molar-refractivity contribution in [1.29, 1.82) is 0 Å². The van der Waals surface area contributed by atoms with Crippen LogP contribution in [-0.4, -0.2) is 60.6 Å². The molecule has 0 aliphatic carbocycles. The van der Waals surface area contributed by atoms with Gasteiger partial charge in [0.25, 0.3) is 0 Å². The minimum atomic E-state index is -0.960. The lowest BCUT2D eigenvalue weighted by molar-refractivity contribution is -0.144. The SMILES string of the molecule is CC(C)(C)OC(=O)NC1(C(=O)N2CCC(CC=O)CC2)CCOCC1. The number of carbonyl (C=O) groups excluding carboxylic acids is 3. The van der Waals surface area contributed by atoms with Gasteiger partial charge in [-0.3, -0.25) is 4.79 Å². The Morgan fingerprint density at radius 3 is 2.36 bits per heavy atom. The second-order valence-electron chi connectivity index (χ2n) is 7.96. The van der Waals surface area contributed by atoms with Gasteiger partial charge < -0.3 is 24.5 Å². The van der Waals surface area contributed by atoms with Gasteiger partial charge in [0, 0.05) is 45.6 Å². The minimum absolute atomic E-state index is 0.0637. The predicted octanol–water partition coefficient (Wildman–Crippen LogP) is 1.89. The Labute approximate surface area is 149 Å². The Morgan fingerprint density at radius 2 is 1.84 bits per heavy atom. The number of ether oxygens (including phenoxy) is 2. The maximum Gasteiger partial charge on any atom is 0.408 e. The molecule has 0 aromatic rings. The Balaban J connectivity index is 2.04. The molecule has 0 bridgehead atoms. The third-order valence-corrected chi connectivity index (χ3v) is 4.83. The van der Waals surface area contributed by atoms with Crippen LogP contribution < -0.4 is 5.32 Å². The number of amides is 2. The molecular weight excluding hydrogens is 324 g/mol. The minimum Gasteiger partial charge on any atom is -0.444 e. The van der Waals surface area contributed by atoms with Crippen LogP contribution in [0.1, 0.15) is 52.9 Å². The molecule has 0 atom stereocenters. The lowest BCUT2D eigenvalue weighted by Crippen LogP contribution is -2.63. The molecule has 0 saturated carbocycles. The van der Waals surface area contributed by atoms with Gasteiger partial charge >= 0.3 is 6.09 Å². The standard InChI is InChI=1S/C18H30N2O5/c1-17(2,3)25-16(23)19-18(7-12-24-13-8-18)15(22)20-9-4-14(5-10-20)6-11-21/h11,14H,4-10,12-13H2,1-3H3,(H,19,23). The van der Waals surface area contributed by atoms with Gasteiger partial charge in [0.15, 0.2) is 0 Å². The van der Waals surface area contributed by atoms with Crippen molar-refractivity contribution in [3.63, 3.8) is 0 Å². The van der Waals surface area contributed by atoms with Gasteiger partial charge in [-0.1, -0.05) is 0 Å². The second-order valence-corrected chi connectivity index (χ2v) is 7.96. The predicted molar refractivity (Wildman–Crippen MR) is 92.1 cm³/mol. The lowest BCUT2D eigenvalue weighted by atomic mass is 9.86. The van der Waals surface area contributed by atoms with Gasteiger partial charge in [-0.2, -0.15) is 0 Å². The summed E-state index contributed by atoms with van der Waals surface area (Å²) in [4.78, 5) is 37.9. The fourth-order valence-electron chi connectivity index (χ4n) is 3.42. The summed E-state index contributed by atoms with van der Waals surface area (Å²) in [6.07, 6.45) is 3.47. The van der Waals surface area contributed by atoms with Crippen molar-refractivity contribution in [1.82, 2.24) is 10.2 Å². The van der Waals surface area contributed by atoms with Gasteiger partial charge in [-0.05, 0) is 39.5 Å². The van der Waals surface area contributed by atoms with Crippen molar-refractivity contribution in [3.8, 4) is 0 Å². The largest absolute Gasteiger partial charge is 0.444 e. The molecule has 0 unspecified atom stereocenters. The highest BCUT2D eigenvalue weighted by atomic mass is 16.6. The molecule has 2 aliphatic rings. The van der Waals surface area contributed by atoms with Crippen LogP contribution in [0.2, 0.25) is 0 Å². The molecule has 2 aliphatic heterocycles. The zero-order valence-electron chi connectivity index (χ0n) is 15.5. The maximum atomic E-state index is 13.2. The van der Waals surface area contributed by atoms with E-state index < -0.39 is 17.2 Å². The summed E-state index contributed by atoms with van der Waals surface area (Å²) in [5, 5.41) is 2.83. The quantitative estimate of drug-likeness (QED) is 0.779. The summed E-state index contributed by atoms with van der Waals surface area (Å²) in [6, 6.07) is 0. The molecule has 2 heterocycles. The van der Waals surface area contributed by atoms with Crippen molar-refractivity contribution in [3.05, 3.63) is 0 Å². The summed E-state index contributed by atoms with van der Waals surface area (Å²) in [5.74, 6) is 0.289. The average molecular weight is 354 g/mol. The Hall–Kier alpha value is -1.63. The number of aldehydes is 1. The van der Waals surface area contributed by atoms with Gasteiger partial charge in [-0.15, -0.1) is 0 Å². The van der Waals surface area contributed by atoms with Crippen molar-refractivity contribution >= 4 is 18.3 Å². The molecule has 2 rings (SSSR count). The first-order chi connectivity index (χ1) is 11.8. The first-order valence-electron chi connectivity index (χ1n) is 9.08. The van der Waals surface area contributed by atoms with E-state index in [0.29, 0.717) is 51.5 Å². The highest BCUT2D eigenvalue weighted by Gasteiger charge is 2.45. The number of hydrogen-bond acceptors (Lipinski definition) is 5. The molecule has 0 aromatic heterocycles. The number of piperidine rings is 1. The van der Waals surface area contributed by atoms with Crippen molar-refractivity contribution in [2.75, 3.05) is 26.3 Å². The number of likely N-dealkylation sites (tertiary alicyclic amines) is 1. The van der Waals surface area contributed by atoms with E-state index in [0.717, 1.165) is 19.1 Å². The third-order valence-electron chi connectivity index (χ3n) is 4.83. The zero-order chi connectivity index (χ0) is 18.5. The number of nitrogens with zero attached hydrogens (tertiary/aromatic N) is 1. The Kier molecular flexibility index (Phi) is 6.43. The van der Waals surface area contributed by atoms with Crippen LogP contribution >= 0.6 is 0 Å². The highest BCUT2D eigenvalue weighted by Crippen LogP contribution is 2.28. The molecule has 25 heavy (non-hydrogen) atoms. The van der Waals surface area contributed by atoms with E-state index in [4.69, 9.17) is 9.47 Å². The molecule has 2 fully saturated rings. The Morgan fingerprint density at radius 1 is 1.24 bits per heavy atom. The van der Waals surface area contributed by atoms with Crippen LogP contribution in [0, 0.1) is 5.92 Å². The first-order valence-corrected chi connectivity index (χ1v) is 9.08. The summed E-state index contributed by atoms with van der Waals surface area (Å²) < 4.78 is 10.7. The van der Waals surface area contributed by atoms with E-state index in [1.54, 1.807) is 20.8 Å². The van der Waals surface area contributed by atoms with Crippen LogP contribution in [-0.2, 0) is 19.1 Å². The Bertz CT molecular complexity index is 486. The van der Waals surface area contributed by atoms with E-state index in [9.17, 15) is 14.4 Å². The number of rotatable bonds is 4. The van der Waals surface area contributed by atoms with Gasteiger partial charge in [0.2, 0.25) is 5.91 Å². The van der Waals surface area contributed by atoms with Crippen molar-refractivity contribution in [2.24, 2.45) is 5.92 Å². The highest BCUT2D eigenvalue weighted by molar-refractivity contribution is 5.90. The molecule has 0 spiro atoms. The fraction of sp³-hybridized carbons (Fsp3) is 0.833. The number of alkyl carbamates (subject to hydrolysis) is 1. The molecule has 0 aromatic carbocycles. The molecule has 0 radical (unpaired) electrons. The molecular formula is C18H30N2O5. The normalized spacial score (nSPS) is 21.5. The lowest BCUT2D eigenvalue weighted by Gasteiger charge is -2.42. The van der Waals surface area contributed by atoms with Crippen LogP contribution in [0.25, 0.3) is 0 Å². The summed E-state index contributed by atoms with van der Waals surface area (Å²) in [6.45, 7) is 7.49. The molecule has 142 valence electrons. The first kappa shape index (κ1) is 19.7. The van der Waals surface area contributed by atoms with Crippen LogP contribution in [0.4, 0.5) is 4.79 Å². The second kappa shape index (κ2) is 8.17. The van der Waals surface area contributed by atoms with Crippen LogP contribution in [0.15, 0.2) is 0 Å². The van der Waals surface area contributed by atoms with Gasteiger partial charge in [0.05, 0.1) is 0 Å². The number of hydrogen-bond donors (Lipinski definition) is 1. The summed E-state index contributed by atoms with van der Waals surface area (Å²) in [7, 11) is 0. The van der Waals surface area contributed by atoms with E-state index in [1.165, 1.54) is 0 Å². The summed E-state index contributed by atoms with van der Waals surface area (Å²) >= 11 is 0. The summed E-state index contributed by atoms with van der Waals surface area (Å²) in [5.41, 5.74) is -1.58. The number of carbonyl (C=O) groups is 3. The van der Waals surface area contributed by atoms with Crippen molar-refractivity contribution in [2.45, 2.75) is 64.0 Å². The molecule has 1 N–H and O–H groups in total. The van der Waals surface area contributed by atoms with Gasteiger partial charge in [0.1, 0.15) is 17.4 Å². The molecule has 2 saturated heterocycles. The molecule has 2 amide bonds. The molecule has 7 heteroatoms. The fourth-order valence-corrected chi connectivity index (χ4v) is 3.42. The van der Waals surface area contributed by atoms with E-state index in [1.807, 2.05) is 4.90 Å². The monoisotopic (exact) mass is 354 g/mol. The van der Waals surface area contributed by atoms with E-state index in [2.05, 4.69) is 5.32 Å². The van der Waals surface area contributed by atoms with Gasteiger partial charge in [-0.25, -0.2) is 4.79 Å². The maximum absolute atomic E-state index is 13.2. The number of nitrogens with one attached hydrogen (secondary N) is 1. The average Bonchev–Trinajstić information content (AvgIpc) is 2.54. The smallest absolute Gasteiger partial charge is 0.408 e.